The van der Waals surface area contributed by atoms with Crippen LogP contribution in [-0.4, -0.2) is 23.1 Å². The van der Waals surface area contributed by atoms with Crippen molar-refractivity contribution in [2.75, 3.05) is 11.6 Å². The van der Waals surface area contributed by atoms with Crippen molar-refractivity contribution in [2.24, 2.45) is 5.10 Å². The predicted molar refractivity (Wildman–Crippen MR) is 129 cm³/mol. The third kappa shape index (κ3) is 4.37. The summed E-state index contributed by atoms with van der Waals surface area (Å²) in [5.41, 5.74) is 4.23. The molecule has 1 aromatic carbocycles. The monoisotopic (exact) mass is 462 g/mol. The number of nitrogens with one attached hydrogen (secondary N) is 1. The van der Waals surface area contributed by atoms with Crippen molar-refractivity contribution in [2.45, 2.75) is 25.8 Å². The Morgan fingerprint density at radius 3 is 2.78 bits per heavy atom. The first-order chi connectivity index (χ1) is 15.7. The van der Waals surface area contributed by atoms with E-state index in [9.17, 15) is 4.79 Å². The molecule has 0 spiro atoms. The number of hydrazone groups is 1. The average Bonchev–Trinajstić information content (AvgIpc) is 3.60. The lowest BCUT2D eigenvalue weighted by atomic mass is 10.1. The van der Waals surface area contributed by atoms with Gasteiger partial charge in [0.25, 0.3) is 0 Å². The summed E-state index contributed by atoms with van der Waals surface area (Å²) in [6, 6.07) is 16.4. The highest BCUT2D eigenvalue weighted by Gasteiger charge is 2.33. The molecular weight excluding hydrogens is 440 g/mol. The summed E-state index contributed by atoms with van der Waals surface area (Å²) >= 11 is 3.28. The van der Waals surface area contributed by atoms with Gasteiger partial charge in [-0.15, -0.1) is 22.7 Å². The largest absolute Gasteiger partial charge is 0.467 e. The van der Waals surface area contributed by atoms with Gasteiger partial charge in [-0.3, -0.25) is 4.79 Å². The van der Waals surface area contributed by atoms with E-state index in [1.54, 1.807) is 28.9 Å². The Labute approximate surface area is 194 Å². The van der Waals surface area contributed by atoms with Crippen LogP contribution < -0.4 is 10.3 Å². The topological polar surface area (TPSA) is 70.7 Å². The molecule has 32 heavy (non-hydrogen) atoms. The minimum atomic E-state index is -0.00344. The van der Waals surface area contributed by atoms with Crippen LogP contribution in [0.4, 0.5) is 5.13 Å². The van der Waals surface area contributed by atoms with Crippen molar-refractivity contribution in [3.63, 3.8) is 0 Å². The number of aromatic nitrogens is 1. The van der Waals surface area contributed by atoms with E-state index in [1.165, 1.54) is 17.4 Å². The third-order valence-electron chi connectivity index (χ3n) is 5.31. The maximum atomic E-state index is 11.0. The van der Waals surface area contributed by atoms with Gasteiger partial charge in [-0.05, 0) is 35.6 Å². The van der Waals surface area contributed by atoms with E-state index in [4.69, 9.17) is 14.5 Å². The lowest BCUT2D eigenvalue weighted by Gasteiger charge is -2.18. The number of hydrogen-bond acceptors (Lipinski definition) is 7. The predicted octanol–water partition coefficient (Wildman–Crippen LogP) is 5.50. The highest BCUT2D eigenvalue weighted by atomic mass is 32.1. The fourth-order valence-electron chi connectivity index (χ4n) is 3.71. The van der Waals surface area contributed by atoms with Crippen LogP contribution in [0.3, 0.4) is 0 Å². The molecule has 1 N–H and O–H groups in total. The van der Waals surface area contributed by atoms with E-state index in [-0.39, 0.29) is 11.9 Å². The van der Waals surface area contributed by atoms with E-state index in [2.05, 4.69) is 52.5 Å². The Hall–Kier alpha value is -3.23. The maximum absolute atomic E-state index is 11.0. The van der Waals surface area contributed by atoms with Gasteiger partial charge in [0.15, 0.2) is 0 Å². The normalized spacial score (nSPS) is 15.7. The van der Waals surface area contributed by atoms with Crippen LogP contribution in [0.5, 0.6) is 0 Å². The van der Waals surface area contributed by atoms with E-state index in [0.29, 0.717) is 6.54 Å². The number of anilines is 1. The molecule has 1 aliphatic heterocycles. The smallest absolute Gasteiger partial charge is 0.216 e. The van der Waals surface area contributed by atoms with Gasteiger partial charge in [0, 0.05) is 30.8 Å². The lowest BCUT2D eigenvalue weighted by molar-refractivity contribution is -0.118. The number of carbonyl (C=O) groups excluding carboxylic acids is 1. The average molecular weight is 463 g/mol. The summed E-state index contributed by atoms with van der Waals surface area (Å²) in [5.74, 6) is 0.886. The highest BCUT2D eigenvalue weighted by Crippen LogP contribution is 2.40. The number of amides is 1. The minimum absolute atomic E-state index is 0.00254. The van der Waals surface area contributed by atoms with Crippen LogP contribution in [0.15, 0.2) is 75.1 Å². The van der Waals surface area contributed by atoms with Crippen LogP contribution in [0, 0.1) is 0 Å². The molecule has 3 aromatic heterocycles. The van der Waals surface area contributed by atoms with Crippen molar-refractivity contribution < 1.29 is 9.21 Å². The second kappa shape index (κ2) is 9.10. The van der Waals surface area contributed by atoms with E-state index in [0.717, 1.165) is 40.7 Å². The van der Waals surface area contributed by atoms with Crippen LogP contribution in [0.25, 0.3) is 11.3 Å². The molecule has 0 unspecified atom stereocenters. The van der Waals surface area contributed by atoms with E-state index >= 15 is 0 Å². The van der Waals surface area contributed by atoms with Crippen LogP contribution in [0.2, 0.25) is 0 Å². The molecular formula is C24H22N4O2S2. The molecule has 0 saturated carbocycles. The number of thiophene rings is 1. The fourth-order valence-corrected chi connectivity index (χ4v) is 5.26. The molecule has 4 aromatic rings. The standard InChI is InChI=1S/C24H22N4O2S2/c1-16(29)25-11-10-17-6-8-18(9-7-17)20-15-32-24(26-20)28-21(22-4-2-12-30-22)14-19(27-28)23-5-3-13-31-23/h2-9,12-13,15,21H,10-11,14H2,1H3,(H,25,29)/t21-/m0/s1. The van der Waals surface area contributed by atoms with Gasteiger partial charge in [0.1, 0.15) is 11.8 Å². The van der Waals surface area contributed by atoms with Gasteiger partial charge in [0.2, 0.25) is 11.0 Å². The number of nitrogens with zero attached hydrogens (tertiary/aromatic N) is 3. The van der Waals surface area contributed by atoms with Gasteiger partial charge in [-0.25, -0.2) is 9.99 Å². The summed E-state index contributed by atoms with van der Waals surface area (Å²) in [4.78, 5) is 17.1. The molecule has 0 saturated heterocycles. The van der Waals surface area contributed by atoms with Crippen molar-refractivity contribution >= 4 is 39.4 Å². The van der Waals surface area contributed by atoms with Gasteiger partial charge >= 0.3 is 0 Å². The minimum Gasteiger partial charge on any atom is -0.467 e. The fraction of sp³-hybridized carbons (Fsp3) is 0.208. The molecule has 0 aliphatic carbocycles. The molecule has 1 aliphatic rings. The molecule has 1 atom stereocenters. The molecule has 0 radical (unpaired) electrons. The Kier molecular flexibility index (Phi) is 5.87. The Balaban J connectivity index is 1.37. The molecule has 0 bridgehead atoms. The second-order valence-corrected chi connectivity index (χ2v) is 9.33. The zero-order chi connectivity index (χ0) is 21.9. The van der Waals surface area contributed by atoms with Crippen LogP contribution in [-0.2, 0) is 11.2 Å². The van der Waals surface area contributed by atoms with Crippen LogP contribution in [0.1, 0.15) is 35.6 Å². The van der Waals surface area contributed by atoms with Crippen molar-refractivity contribution in [1.82, 2.24) is 10.3 Å². The van der Waals surface area contributed by atoms with Crippen molar-refractivity contribution in [3.05, 3.63) is 81.8 Å². The first-order valence-corrected chi connectivity index (χ1v) is 12.2. The van der Waals surface area contributed by atoms with Gasteiger partial charge in [-0.2, -0.15) is 5.10 Å². The molecule has 162 valence electrons. The number of hydrogen-bond donors (Lipinski definition) is 1. The number of rotatable bonds is 7. The van der Waals surface area contributed by atoms with Crippen molar-refractivity contribution in [1.29, 1.82) is 0 Å². The molecule has 0 fully saturated rings. The van der Waals surface area contributed by atoms with E-state index in [1.807, 2.05) is 17.1 Å². The summed E-state index contributed by atoms with van der Waals surface area (Å²) in [6.45, 7) is 2.18. The number of benzene rings is 1. The first-order valence-electron chi connectivity index (χ1n) is 10.4. The van der Waals surface area contributed by atoms with Crippen molar-refractivity contribution in [3.8, 4) is 11.3 Å². The third-order valence-corrected chi connectivity index (χ3v) is 7.06. The zero-order valence-electron chi connectivity index (χ0n) is 17.5. The molecule has 8 heteroatoms. The summed E-state index contributed by atoms with van der Waals surface area (Å²) < 4.78 is 5.73. The van der Waals surface area contributed by atoms with Gasteiger partial charge in [0.05, 0.1) is 22.5 Å². The van der Waals surface area contributed by atoms with Gasteiger partial charge < -0.3 is 9.73 Å². The molecule has 5 rings (SSSR count). The quantitative estimate of drug-likeness (QED) is 0.394. The summed E-state index contributed by atoms with van der Waals surface area (Å²) in [6.07, 6.45) is 3.30. The number of furan rings is 1. The van der Waals surface area contributed by atoms with Crippen LogP contribution >= 0.6 is 22.7 Å². The van der Waals surface area contributed by atoms with E-state index < -0.39 is 0 Å². The maximum Gasteiger partial charge on any atom is 0.216 e. The highest BCUT2D eigenvalue weighted by molar-refractivity contribution is 7.14. The zero-order valence-corrected chi connectivity index (χ0v) is 19.2. The SMILES string of the molecule is CC(=O)NCCc1ccc(-c2csc(N3N=C(c4cccs4)C[C@H]3c3ccco3)n2)cc1. The summed E-state index contributed by atoms with van der Waals surface area (Å²) in [5, 5.41) is 14.7. The molecule has 4 heterocycles. The Bertz CT molecular complexity index is 1210. The molecule has 1 amide bonds. The molecule has 6 nitrogen and oxygen atoms in total. The summed E-state index contributed by atoms with van der Waals surface area (Å²) in [7, 11) is 0. The van der Waals surface area contributed by atoms with Gasteiger partial charge in [-0.1, -0.05) is 30.3 Å². The lowest BCUT2D eigenvalue weighted by Crippen LogP contribution is -2.22. The second-order valence-electron chi connectivity index (χ2n) is 7.55. The Morgan fingerprint density at radius 1 is 1.19 bits per heavy atom. The first kappa shape index (κ1) is 20.7. The number of thiazole rings is 1. The number of carbonyl (C=O) groups is 1. The Morgan fingerprint density at radius 2 is 2.06 bits per heavy atom.